The van der Waals surface area contributed by atoms with Gasteiger partial charge in [0.1, 0.15) is 0 Å². The van der Waals surface area contributed by atoms with Crippen molar-refractivity contribution in [1.29, 1.82) is 0 Å². The largest absolute Gasteiger partial charge is 0.493 e. The maximum absolute atomic E-state index is 5.35. The molecule has 1 N–H and O–H groups in total. The number of hydrogen-bond acceptors (Lipinski definition) is 3. The lowest BCUT2D eigenvalue weighted by Crippen LogP contribution is -2.35. The number of hydrogen-bond donors (Lipinski definition) is 1. The molecule has 2 saturated carbocycles. The number of benzene rings is 1. The second kappa shape index (κ2) is 6.04. The highest BCUT2D eigenvalue weighted by molar-refractivity contribution is 5.42. The zero-order valence-electron chi connectivity index (χ0n) is 12.5. The second-order valence-electron chi connectivity index (χ2n) is 6.17. The van der Waals surface area contributed by atoms with Gasteiger partial charge in [-0.15, -0.1) is 0 Å². The summed E-state index contributed by atoms with van der Waals surface area (Å²) in [6, 6.07) is 6.98. The Bertz CT molecular complexity index is 460. The topological polar surface area (TPSA) is 30.5 Å². The van der Waals surface area contributed by atoms with Crippen molar-refractivity contribution in [2.24, 2.45) is 11.8 Å². The lowest BCUT2D eigenvalue weighted by molar-refractivity contribution is 0.351. The average molecular weight is 275 g/mol. The minimum atomic E-state index is 0.772. The minimum absolute atomic E-state index is 0.772. The van der Waals surface area contributed by atoms with E-state index < -0.39 is 0 Å². The van der Waals surface area contributed by atoms with Gasteiger partial charge < -0.3 is 14.8 Å². The predicted octanol–water partition coefficient (Wildman–Crippen LogP) is 3.02. The third-order valence-corrected chi connectivity index (χ3v) is 5.01. The normalized spacial score (nSPS) is 27.8. The van der Waals surface area contributed by atoms with Gasteiger partial charge in [-0.05, 0) is 61.8 Å². The Morgan fingerprint density at radius 1 is 1.10 bits per heavy atom. The Kier molecular flexibility index (Phi) is 4.16. The highest BCUT2D eigenvalue weighted by Gasteiger charge is 2.38. The minimum Gasteiger partial charge on any atom is -0.493 e. The van der Waals surface area contributed by atoms with E-state index in [1.54, 1.807) is 14.2 Å². The van der Waals surface area contributed by atoms with E-state index in [1.165, 1.54) is 31.2 Å². The molecule has 0 aromatic heterocycles. The van der Waals surface area contributed by atoms with Crippen LogP contribution in [0.15, 0.2) is 18.2 Å². The van der Waals surface area contributed by atoms with Gasteiger partial charge in [0.15, 0.2) is 11.5 Å². The molecule has 1 aromatic carbocycles. The molecule has 3 heteroatoms. The summed E-state index contributed by atoms with van der Waals surface area (Å²) in [5.41, 5.74) is 1.30. The molecule has 110 valence electrons. The van der Waals surface area contributed by atoms with E-state index in [2.05, 4.69) is 17.4 Å². The highest BCUT2D eigenvalue weighted by atomic mass is 16.5. The van der Waals surface area contributed by atoms with Gasteiger partial charge in [0.2, 0.25) is 0 Å². The van der Waals surface area contributed by atoms with Crippen LogP contribution in [0.5, 0.6) is 11.5 Å². The van der Waals surface area contributed by atoms with Crippen molar-refractivity contribution in [3.8, 4) is 11.5 Å². The van der Waals surface area contributed by atoms with Crippen LogP contribution in [0.25, 0.3) is 0 Å². The van der Waals surface area contributed by atoms with E-state index in [-0.39, 0.29) is 0 Å². The van der Waals surface area contributed by atoms with Crippen LogP contribution in [0.4, 0.5) is 0 Å². The van der Waals surface area contributed by atoms with Gasteiger partial charge in [-0.1, -0.05) is 12.5 Å². The van der Waals surface area contributed by atoms with Crippen molar-refractivity contribution in [2.75, 3.05) is 20.8 Å². The summed E-state index contributed by atoms with van der Waals surface area (Å²) in [6.45, 7) is 1.06. The Morgan fingerprint density at radius 3 is 2.60 bits per heavy atom. The molecule has 0 amide bonds. The summed E-state index contributed by atoms with van der Waals surface area (Å²) in [6.07, 6.45) is 6.83. The fourth-order valence-electron chi connectivity index (χ4n) is 3.93. The van der Waals surface area contributed by atoms with Crippen molar-refractivity contribution in [1.82, 2.24) is 5.32 Å². The van der Waals surface area contributed by atoms with E-state index in [9.17, 15) is 0 Å². The third kappa shape index (κ3) is 2.78. The molecular formula is C17H25NO2. The molecule has 2 aliphatic rings. The van der Waals surface area contributed by atoms with Crippen LogP contribution in [0.1, 0.15) is 31.2 Å². The van der Waals surface area contributed by atoms with Crippen molar-refractivity contribution in [3.63, 3.8) is 0 Å². The first kappa shape index (κ1) is 13.7. The van der Waals surface area contributed by atoms with E-state index in [1.807, 2.05) is 6.07 Å². The monoisotopic (exact) mass is 275 g/mol. The van der Waals surface area contributed by atoms with Gasteiger partial charge in [0.25, 0.3) is 0 Å². The lowest BCUT2D eigenvalue weighted by atomic mass is 9.95. The van der Waals surface area contributed by atoms with Crippen LogP contribution in [-0.4, -0.2) is 26.8 Å². The molecule has 0 aliphatic heterocycles. The van der Waals surface area contributed by atoms with Gasteiger partial charge in [-0.3, -0.25) is 0 Å². The fraction of sp³-hybridized carbons (Fsp3) is 0.647. The number of rotatable bonds is 6. The standard InChI is InChI=1S/C17H25NO2/c1-19-16-6-4-12(11-17(16)20-2)7-8-18-15-10-13-3-5-14(15)9-13/h4,6,11,13-15,18H,3,5,7-10H2,1-2H3/t13-,14+,15-/m0/s1. The maximum Gasteiger partial charge on any atom is 0.160 e. The third-order valence-electron chi connectivity index (χ3n) is 5.01. The molecule has 2 bridgehead atoms. The Labute approximate surface area is 121 Å². The van der Waals surface area contributed by atoms with Crippen LogP contribution >= 0.6 is 0 Å². The molecular weight excluding hydrogens is 250 g/mol. The number of ether oxygens (including phenoxy) is 2. The van der Waals surface area contributed by atoms with Crippen LogP contribution in [-0.2, 0) is 6.42 Å². The average Bonchev–Trinajstić information content (AvgIpc) is 3.09. The summed E-state index contributed by atoms with van der Waals surface area (Å²) in [7, 11) is 3.36. The molecule has 3 atom stereocenters. The van der Waals surface area contributed by atoms with Gasteiger partial charge >= 0.3 is 0 Å². The van der Waals surface area contributed by atoms with E-state index in [4.69, 9.17) is 9.47 Å². The molecule has 3 rings (SSSR count). The molecule has 3 nitrogen and oxygen atoms in total. The fourth-order valence-corrected chi connectivity index (χ4v) is 3.93. The van der Waals surface area contributed by atoms with Crippen molar-refractivity contribution in [3.05, 3.63) is 23.8 Å². The second-order valence-corrected chi connectivity index (χ2v) is 6.17. The molecule has 0 saturated heterocycles. The summed E-state index contributed by atoms with van der Waals surface area (Å²) in [5.74, 6) is 3.59. The number of methoxy groups -OCH3 is 2. The molecule has 0 spiro atoms. The van der Waals surface area contributed by atoms with Crippen molar-refractivity contribution < 1.29 is 9.47 Å². The first-order valence-electron chi connectivity index (χ1n) is 7.74. The van der Waals surface area contributed by atoms with Crippen molar-refractivity contribution >= 4 is 0 Å². The Balaban J connectivity index is 1.51. The first-order chi connectivity index (χ1) is 9.80. The Morgan fingerprint density at radius 2 is 1.95 bits per heavy atom. The Hall–Kier alpha value is -1.22. The van der Waals surface area contributed by atoms with Gasteiger partial charge in [-0.25, -0.2) is 0 Å². The molecule has 20 heavy (non-hydrogen) atoms. The van der Waals surface area contributed by atoms with Gasteiger partial charge in [0, 0.05) is 6.04 Å². The summed E-state index contributed by atoms with van der Waals surface area (Å²) >= 11 is 0. The quantitative estimate of drug-likeness (QED) is 0.865. The number of nitrogens with one attached hydrogen (secondary N) is 1. The predicted molar refractivity (Wildman–Crippen MR) is 80.5 cm³/mol. The lowest BCUT2D eigenvalue weighted by Gasteiger charge is -2.23. The highest BCUT2D eigenvalue weighted by Crippen LogP contribution is 2.44. The smallest absolute Gasteiger partial charge is 0.160 e. The van der Waals surface area contributed by atoms with Gasteiger partial charge in [-0.2, -0.15) is 0 Å². The molecule has 2 fully saturated rings. The number of fused-ring (bicyclic) bond motifs is 2. The van der Waals surface area contributed by atoms with E-state index in [0.717, 1.165) is 42.3 Å². The molecule has 0 radical (unpaired) electrons. The van der Waals surface area contributed by atoms with Gasteiger partial charge in [0.05, 0.1) is 14.2 Å². The van der Waals surface area contributed by atoms with Crippen LogP contribution < -0.4 is 14.8 Å². The first-order valence-corrected chi connectivity index (χ1v) is 7.74. The summed E-state index contributed by atoms with van der Waals surface area (Å²) in [4.78, 5) is 0. The molecule has 0 heterocycles. The summed E-state index contributed by atoms with van der Waals surface area (Å²) < 4.78 is 10.6. The van der Waals surface area contributed by atoms with Crippen molar-refractivity contribution in [2.45, 2.75) is 38.1 Å². The molecule has 1 aromatic rings. The van der Waals surface area contributed by atoms with E-state index in [0.29, 0.717) is 0 Å². The molecule has 0 unspecified atom stereocenters. The maximum atomic E-state index is 5.35. The zero-order chi connectivity index (χ0) is 13.9. The summed E-state index contributed by atoms with van der Waals surface area (Å²) in [5, 5.41) is 3.76. The van der Waals surface area contributed by atoms with Crippen LogP contribution in [0.3, 0.4) is 0 Å². The van der Waals surface area contributed by atoms with Crippen LogP contribution in [0, 0.1) is 11.8 Å². The zero-order valence-corrected chi connectivity index (χ0v) is 12.5. The molecule has 2 aliphatic carbocycles. The van der Waals surface area contributed by atoms with Crippen LogP contribution in [0.2, 0.25) is 0 Å². The SMILES string of the molecule is COc1ccc(CCN[C@H]2C[C@H]3CC[C@@H]2C3)cc1OC. The van der Waals surface area contributed by atoms with E-state index >= 15 is 0 Å².